The van der Waals surface area contributed by atoms with Crippen molar-refractivity contribution in [3.63, 3.8) is 0 Å². The van der Waals surface area contributed by atoms with Gasteiger partial charge in [-0.25, -0.2) is 4.98 Å². The van der Waals surface area contributed by atoms with E-state index >= 15 is 0 Å². The number of fused-ring (bicyclic) bond motifs is 1. The highest BCUT2D eigenvalue weighted by Gasteiger charge is 2.14. The maximum atomic E-state index is 6.11. The molecule has 1 aliphatic heterocycles. The fourth-order valence-corrected chi connectivity index (χ4v) is 3.50. The fourth-order valence-electron chi connectivity index (χ4n) is 3.50. The summed E-state index contributed by atoms with van der Waals surface area (Å²) in [6, 6.07) is 14.3. The lowest BCUT2D eigenvalue weighted by Crippen LogP contribution is -2.16. The molecule has 0 aliphatic carbocycles. The van der Waals surface area contributed by atoms with Gasteiger partial charge in [0.15, 0.2) is 0 Å². The lowest BCUT2D eigenvalue weighted by atomic mass is 9.98. The molecule has 5 nitrogen and oxygen atoms in total. The first kappa shape index (κ1) is 18.4. The molecule has 0 spiro atoms. The maximum Gasteiger partial charge on any atom is 0.146 e. The van der Waals surface area contributed by atoms with E-state index in [2.05, 4.69) is 28.5 Å². The number of hydrogen-bond acceptors (Lipinski definition) is 5. The first-order valence-electron chi connectivity index (χ1n) is 9.65. The Labute approximate surface area is 165 Å². The van der Waals surface area contributed by atoms with Crippen molar-refractivity contribution in [3.05, 3.63) is 71.2 Å². The minimum Gasteiger partial charge on any atom is -0.497 e. The van der Waals surface area contributed by atoms with Crippen LogP contribution in [0.1, 0.15) is 22.5 Å². The quantitative estimate of drug-likeness (QED) is 0.736. The molecule has 0 amide bonds. The van der Waals surface area contributed by atoms with Crippen molar-refractivity contribution in [3.8, 4) is 22.8 Å². The molecule has 3 aromatic rings. The van der Waals surface area contributed by atoms with Gasteiger partial charge in [-0.15, -0.1) is 0 Å². The predicted octanol–water partition coefficient (Wildman–Crippen LogP) is 3.73. The molecule has 3 heterocycles. The van der Waals surface area contributed by atoms with Crippen LogP contribution in [-0.4, -0.2) is 30.2 Å². The molecule has 0 atom stereocenters. The number of rotatable bonds is 5. The summed E-state index contributed by atoms with van der Waals surface area (Å²) in [6.45, 7) is 4.42. The Kier molecular flexibility index (Phi) is 5.53. The van der Waals surface area contributed by atoms with Gasteiger partial charge < -0.3 is 14.8 Å². The first-order chi connectivity index (χ1) is 13.7. The summed E-state index contributed by atoms with van der Waals surface area (Å²) in [7, 11) is 1.65. The highest BCUT2D eigenvalue weighted by molar-refractivity contribution is 5.68. The molecule has 0 unspecified atom stereocenters. The average molecular weight is 375 g/mol. The largest absolute Gasteiger partial charge is 0.497 e. The van der Waals surface area contributed by atoms with Gasteiger partial charge >= 0.3 is 0 Å². The Bertz CT molecular complexity index is 972. The van der Waals surface area contributed by atoms with Crippen LogP contribution < -0.4 is 14.8 Å². The van der Waals surface area contributed by atoms with E-state index in [4.69, 9.17) is 14.5 Å². The summed E-state index contributed by atoms with van der Waals surface area (Å²) in [5.74, 6) is 1.54. The lowest BCUT2D eigenvalue weighted by Gasteiger charge is -2.14. The van der Waals surface area contributed by atoms with E-state index in [1.807, 2.05) is 31.2 Å². The number of ether oxygens (including phenoxy) is 2. The maximum absolute atomic E-state index is 6.11. The van der Waals surface area contributed by atoms with Gasteiger partial charge in [0.2, 0.25) is 0 Å². The van der Waals surface area contributed by atoms with Crippen LogP contribution in [0.15, 0.2) is 48.7 Å². The summed E-state index contributed by atoms with van der Waals surface area (Å²) >= 11 is 0. The monoisotopic (exact) mass is 375 g/mol. The Balaban J connectivity index is 1.62. The van der Waals surface area contributed by atoms with Crippen molar-refractivity contribution >= 4 is 0 Å². The van der Waals surface area contributed by atoms with Crippen molar-refractivity contribution in [1.82, 2.24) is 15.3 Å². The van der Waals surface area contributed by atoms with E-state index in [1.54, 1.807) is 13.3 Å². The van der Waals surface area contributed by atoms with Gasteiger partial charge in [-0.3, -0.25) is 4.98 Å². The molecule has 1 aliphatic rings. The summed E-state index contributed by atoms with van der Waals surface area (Å²) < 4.78 is 11.4. The van der Waals surface area contributed by atoms with E-state index in [9.17, 15) is 0 Å². The molecule has 2 aromatic heterocycles. The van der Waals surface area contributed by atoms with Crippen LogP contribution in [0.2, 0.25) is 0 Å². The second-order valence-electron chi connectivity index (χ2n) is 7.01. The van der Waals surface area contributed by atoms with E-state index < -0.39 is 0 Å². The molecule has 5 heteroatoms. The Morgan fingerprint density at radius 1 is 1.00 bits per heavy atom. The number of methoxy groups -OCH3 is 1. The molecule has 0 saturated heterocycles. The van der Waals surface area contributed by atoms with Crippen molar-refractivity contribution < 1.29 is 9.47 Å². The molecule has 0 fully saturated rings. The average Bonchev–Trinajstić information content (AvgIpc) is 2.98. The van der Waals surface area contributed by atoms with Crippen LogP contribution in [-0.2, 0) is 19.4 Å². The first-order valence-corrected chi connectivity index (χ1v) is 9.65. The molecule has 0 bridgehead atoms. The third-order valence-corrected chi connectivity index (χ3v) is 5.02. The predicted molar refractivity (Wildman–Crippen MR) is 110 cm³/mol. The zero-order chi connectivity index (χ0) is 19.3. The summed E-state index contributed by atoms with van der Waals surface area (Å²) in [5.41, 5.74) is 6.58. The van der Waals surface area contributed by atoms with E-state index in [-0.39, 0.29) is 0 Å². The third-order valence-electron chi connectivity index (χ3n) is 5.02. The van der Waals surface area contributed by atoms with Crippen LogP contribution in [0.4, 0.5) is 0 Å². The smallest absolute Gasteiger partial charge is 0.146 e. The minimum absolute atomic E-state index is 0.365. The molecule has 0 radical (unpaired) electrons. The van der Waals surface area contributed by atoms with Gasteiger partial charge in [-0.2, -0.15) is 0 Å². The molecule has 0 saturated carbocycles. The second-order valence-corrected chi connectivity index (χ2v) is 7.01. The molecule has 28 heavy (non-hydrogen) atoms. The van der Waals surface area contributed by atoms with Gasteiger partial charge in [-0.05, 0) is 68.2 Å². The summed E-state index contributed by atoms with van der Waals surface area (Å²) in [4.78, 5) is 9.13. The van der Waals surface area contributed by atoms with Crippen LogP contribution in [0.3, 0.4) is 0 Å². The number of benzene rings is 1. The van der Waals surface area contributed by atoms with Crippen molar-refractivity contribution in [2.45, 2.75) is 26.4 Å². The van der Waals surface area contributed by atoms with Crippen LogP contribution in [0, 0.1) is 6.92 Å². The van der Waals surface area contributed by atoms with Crippen molar-refractivity contribution in [1.29, 1.82) is 0 Å². The summed E-state index contributed by atoms with van der Waals surface area (Å²) in [6.07, 6.45) is 3.84. The standard InChI is InChI=1S/C23H25N3O2/c1-16-3-6-22(28-15-20-14-21(27-2)9-12-25-20)23(26-16)19-5-4-17-7-10-24-11-8-18(17)13-19/h3-6,9,12-14,24H,7-8,10-11,15H2,1-2H3. The van der Waals surface area contributed by atoms with Crippen LogP contribution in [0.5, 0.6) is 11.5 Å². The number of pyridine rings is 2. The second kappa shape index (κ2) is 8.40. The highest BCUT2D eigenvalue weighted by Crippen LogP contribution is 2.31. The van der Waals surface area contributed by atoms with Gasteiger partial charge in [-0.1, -0.05) is 12.1 Å². The fraction of sp³-hybridized carbons (Fsp3) is 0.304. The number of aryl methyl sites for hydroxylation is 1. The SMILES string of the molecule is COc1ccnc(COc2ccc(C)nc2-c2ccc3c(c2)CCNCC3)c1. The van der Waals surface area contributed by atoms with E-state index in [0.717, 1.165) is 60.1 Å². The molecular weight excluding hydrogens is 350 g/mol. The zero-order valence-electron chi connectivity index (χ0n) is 16.4. The summed E-state index contributed by atoms with van der Waals surface area (Å²) in [5, 5.41) is 3.46. The number of aromatic nitrogens is 2. The van der Waals surface area contributed by atoms with E-state index in [1.165, 1.54) is 11.1 Å². The normalized spacial score (nSPS) is 13.5. The molecular formula is C23H25N3O2. The highest BCUT2D eigenvalue weighted by atomic mass is 16.5. The lowest BCUT2D eigenvalue weighted by molar-refractivity contribution is 0.300. The van der Waals surface area contributed by atoms with Crippen LogP contribution in [0.25, 0.3) is 11.3 Å². The number of nitrogens with zero attached hydrogens (tertiary/aromatic N) is 2. The van der Waals surface area contributed by atoms with Gasteiger partial charge in [0.05, 0.1) is 12.8 Å². The van der Waals surface area contributed by atoms with Crippen molar-refractivity contribution in [2.24, 2.45) is 0 Å². The molecule has 1 N–H and O–H groups in total. The Hall–Kier alpha value is -2.92. The molecule has 144 valence electrons. The molecule has 4 rings (SSSR count). The number of hydrogen-bond donors (Lipinski definition) is 1. The zero-order valence-corrected chi connectivity index (χ0v) is 16.4. The Morgan fingerprint density at radius 2 is 1.86 bits per heavy atom. The van der Waals surface area contributed by atoms with Gasteiger partial charge in [0, 0.05) is 23.5 Å². The number of nitrogens with one attached hydrogen (secondary N) is 1. The van der Waals surface area contributed by atoms with Gasteiger partial charge in [0.25, 0.3) is 0 Å². The van der Waals surface area contributed by atoms with Gasteiger partial charge in [0.1, 0.15) is 23.8 Å². The third kappa shape index (κ3) is 4.15. The molecule has 1 aromatic carbocycles. The minimum atomic E-state index is 0.365. The van der Waals surface area contributed by atoms with Crippen molar-refractivity contribution in [2.75, 3.05) is 20.2 Å². The Morgan fingerprint density at radius 3 is 2.71 bits per heavy atom. The topological polar surface area (TPSA) is 56.3 Å². The van der Waals surface area contributed by atoms with E-state index in [0.29, 0.717) is 6.61 Å². The van der Waals surface area contributed by atoms with Crippen LogP contribution >= 0.6 is 0 Å².